The van der Waals surface area contributed by atoms with Gasteiger partial charge in [-0.05, 0) is 31.6 Å². The SMILES string of the molecule is O=C(CC1(C(=O)O)CCCCCC1)NCCC1CCOC1. The first-order chi connectivity index (χ1) is 10.1. The zero-order chi connectivity index (χ0) is 15.1. The van der Waals surface area contributed by atoms with E-state index in [0.717, 1.165) is 51.7 Å². The highest BCUT2D eigenvalue weighted by molar-refractivity contribution is 5.85. The third kappa shape index (κ3) is 4.70. The molecule has 0 bridgehead atoms. The predicted molar refractivity (Wildman–Crippen MR) is 78.9 cm³/mol. The zero-order valence-corrected chi connectivity index (χ0v) is 12.7. The van der Waals surface area contributed by atoms with E-state index < -0.39 is 11.4 Å². The molecule has 2 fully saturated rings. The van der Waals surface area contributed by atoms with Gasteiger partial charge in [-0.15, -0.1) is 0 Å². The average Bonchev–Trinajstić information content (AvgIpc) is 2.84. The molecule has 5 heteroatoms. The molecule has 0 aromatic rings. The molecule has 2 N–H and O–H groups in total. The molecule has 0 aromatic carbocycles. The van der Waals surface area contributed by atoms with Crippen LogP contribution < -0.4 is 5.32 Å². The number of nitrogens with one attached hydrogen (secondary N) is 1. The van der Waals surface area contributed by atoms with Gasteiger partial charge in [-0.3, -0.25) is 9.59 Å². The van der Waals surface area contributed by atoms with Crippen molar-refractivity contribution < 1.29 is 19.4 Å². The van der Waals surface area contributed by atoms with Crippen molar-refractivity contribution in [2.24, 2.45) is 11.3 Å². The van der Waals surface area contributed by atoms with E-state index in [9.17, 15) is 14.7 Å². The Morgan fingerprint density at radius 3 is 2.48 bits per heavy atom. The second-order valence-electron chi connectivity index (χ2n) is 6.54. The van der Waals surface area contributed by atoms with Crippen LogP contribution in [0.5, 0.6) is 0 Å². The lowest BCUT2D eigenvalue weighted by Gasteiger charge is -2.27. The summed E-state index contributed by atoms with van der Waals surface area (Å²) in [5.74, 6) is -0.376. The van der Waals surface area contributed by atoms with Crippen LogP contribution in [0.3, 0.4) is 0 Å². The van der Waals surface area contributed by atoms with Gasteiger partial charge in [-0.25, -0.2) is 0 Å². The molecule has 0 spiro atoms. The van der Waals surface area contributed by atoms with Crippen molar-refractivity contribution in [1.29, 1.82) is 0 Å². The highest BCUT2D eigenvalue weighted by Crippen LogP contribution is 2.38. The lowest BCUT2D eigenvalue weighted by molar-refractivity contribution is -0.152. The standard InChI is InChI=1S/C16H27NO4/c18-14(17-9-5-13-6-10-21-12-13)11-16(15(19)20)7-3-1-2-4-8-16/h13H,1-12H2,(H,17,18)(H,19,20). The van der Waals surface area contributed by atoms with E-state index in [2.05, 4.69) is 5.32 Å². The van der Waals surface area contributed by atoms with Crippen LogP contribution in [0.15, 0.2) is 0 Å². The largest absolute Gasteiger partial charge is 0.481 e. The molecule has 21 heavy (non-hydrogen) atoms. The van der Waals surface area contributed by atoms with Crippen molar-refractivity contribution >= 4 is 11.9 Å². The van der Waals surface area contributed by atoms with E-state index in [1.807, 2.05) is 0 Å². The topological polar surface area (TPSA) is 75.6 Å². The number of carbonyl (C=O) groups is 2. The van der Waals surface area contributed by atoms with Crippen molar-refractivity contribution in [1.82, 2.24) is 5.32 Å². The number of hydrogen-bond donors (Lipinski definition) is 2. The third-order valence-electron chi connectivity index (χ3n) is 4.91. The predicted octanol–water partition coefficient (Wildman–Crippen LogP) is 2.34. The van der Waals surface area contributed by atoms with Gasteiger partial charge in [0.1, 0.15) is 0 Å². The molecule has 1 saturated heterocycles. The van der Waals surface area contributed by atoms with Crippen LogP contribution >= 0.6 is 0 Å². The van der Waals surface area contributed by atoms with Gasteiger partial charge in [0.15, 0.2) is 0 Å². The molecule has 1 aliphatic carbocycles. The van der Waals surface area contributed by atoms with Gasteiger partial charge in [0, 0.05) is 26.2 Å². The molecule has 2 aliphatic rings. The summed E-state index contributed by atoms with van der Waals surface area (Å²) in [5, 5.41) is 12.5. The number of ether oxygens (including phenoxy) is 1. The molecule has 120 valence electrons. The van der Waals surface area contributed by atoms with Crippen molar-refractivity contribution in [2.75, 3.05) is 19.8 Å². The number of carbonyl (C=O) groups excluding carboxylic acids is 1. The summed E-state index contributed by atoms with van der Waals surface area (Å²) in [7, 11) is 0. The Hall–Kier alpha value is -1.10. The summed E-state index contributed by atoms with van der Waals surface area (Å²) >= 11 is 0. The van der Waals surface area contributed by atoms with Gasteiger partial charge in [-0.2, -0.15) is 0 Å². The second kappa shape index (κ2) is 7.78. The number of carboxylic acid groups (broad SMARTS) is 1. The van der Waals surface area contributed by atoms with Crippen LogP contribution in [-0.4, -0.2) is 36.7 Å². The number of rotatable bonds is 6. The lowest BCUT2D eigenvalue weighted by atomic mass is 9.77. The van der Waals surface area contributed by atoms with Crippen LogP contribution in [0.4, 0.5) is 0 Å². The molecular formula is C16H27NO4. The van der Waals surface area contributed by atoms with E-state index in [1.54, 1.807) is 0 Å². The molecule has 1 amide bonds. The van der Waals surface area contributed by atoms with Crippen LogP contribution in [-0.2, 0) is 14.3 Å². The first-order valence-corrected chi connectivity index (χ1v) is 8.20. The maximum absolute atomic E-state index is 12.1. The monoisotopic (exact) mass is 297 g/mol. The Morgan fingerprint density at radius 1 is 1.19 bits per heavy atom. The molecule has 0 aromatic heterocycles. The van der Waals surface area contributed by atoms with Crippen molar-refractivity contribution in [3.8, 4) is 0 Å². The summed E-state index contributed by atoms with van der Waals surface area (Å²) in [6.45, 7) is 2.23. The van der Waals surface area contributed by atoms with Crippen LogP contribution in [0.1, 0.15) is 57.8 Å². The second-order valence-corrected chi connectivity index (χ2v) is 6.54. The van der Waals surface area contributed by atoms with E-state index >= 15 is 0 Å². The highest BCUT2D eigenvalue weighted by Gasteiger charge is 2.40. The molecule has 1 unspecified atom stereocenters. The van der Waals surface area contributed by atoms with Gasteiger partial charge in [0.05, 0.1) is 5.41 Å². The quantitative estimate of drug-likeness (QED) is 0.738. The minimum atomic E-state index is -0.836. The van der Waals surface area contributed by atoms with Gasteiger partial charge in [0.25, 0.3) is 0 Å². The normalized spacial score (nSPS) is 25.2. The summed E-state index contributed by atoms with van der Waals surface area (Å²) in [4.78, 5) is 23.8. The van der Waals surface area contributed by atoms with Crippen molar-refractivity contribution in [3.05, 3.63) is 0 Å². The van der Waals surface area contributed by atoms with Gasteiger partial charge < -0.3 is 15.2 Å². The first kappa shape index (κ1) is 16.3. The van der Waals surface area contributed by atoms with Gasteiger partial charge >= 0.3 is 5.97 Å². The van der Waals surface area contributed by atoms with E-state index in [4.69, 9.17) is 4.74 Å². The van der Waals surface area contributed by atoms with Crippen molar-refractivity contribution in [2.45, 2.75) is 57.8 Å². The molecular weight excluding hydrogens is 270 g/mol. The Kier molecular flexibility index (Phi) is 6.03. The summed E-state index contributed by atoms with van der Waals surface area (Å²) in [6, 6.07) is 0. The molecule has 1 heterocycles. The summed E-state index contributed by atoms with van der Waals surface area (Å²) in [6.07, 6.45) is 7.37. The van der Waals surface area contributed by atoms with Crippen LogP contribution in [0, 0.1) is 11.3 Å². The third-order valence-corrected chi connectivity index (χ3v) is 4.91. The number of aliphatic carboxylic acids is 1. The minimum Gasteiger partial charge on any atom is -0.481 e. The Balaban J connectivity index is 1.78. The summed E-state index contributed by atoms with van der Waals surface area (Å²) < 4.78 is 5.31. The van der Waals surface area contributed by atoms with Crippen molar-refractivity contribution in [3.63, 3.8) is 0 Å². The Bertz CT molecular complexity index is 355. The maximum Gasteiger partial charge on any atom is 0.310 e. The molecule has 5 nitrogen and oxygen atoms in total. The molecule has 1 aliphatic heterocycles. The number of hydrogen-bond acceptors (Lipinski definition) is 3. The lowest BCUT2D eigenvalue weighted by Crippen LogP contribution is -2.38. The molecule has 2 rings (SSSR count). The molecule has 1 atom stereocenters. The van der Waals surface area contributed by atoms with Gasteiger partial charge in [-0.1, -0.05) is 25.7 Å². The van der Waals surface area contributed by atoms with Crippen LogP contribution in [0.2, 0.25) is 0 Å². The smallest absolute Gasteiger partial charge is 0.310 e. The fourth-order valence-corrected chi connectivity index (χ4v) is 3.47. The average molecular weight is 297 g/mol. The number of carboxylic acids is 1. The Morgan fingerprint density at radius 2 is 1.90 bits per heavy atom. The van der Waals surface area contributed by atoms with E-state index in [0.29, 0.717) is 25.3 Å². The number of amides is 1. The molecule has 1 saturated carbocycles. The Labute approximate surface area is 126 Å². The van der Waals surface area contributed by atoms with Crippen LogP contribution in [0.25, 0.3) is 0 Å². The fourth-order valence-electron chi connectivity index (χ4n) is 3.47. The van der Waals surface area contributed by atoms with E-state index in [1.165, 1.54) is 0 Å². The maximum atomic E-state index is 12.1. The molecule has 0 radical (unpaired) electrons. The minimum absolute atomic E-state index is 0.113. The van der Waals surface area contributed by atoms with Gasteiger partial charge in [0.2, 0.25) is 5.91 Å². The highest BCUT2D eigenvalue weighted by atomic mass is 16.5. The first-order valence-electron chi connectivity index (χ1n) is 8.20. The fraction of sp³-hybridized carbons (Fsp3) is 0.875. The zero-order valence-electron chi connectivity index (χ0n) is 12.7. The summed E-state index contributed by atoms with van der Waals surface area (Å²) in [5.41, 5.74) is -0.836. The van der Waals surface area contributed by atoms with E-state index in [-0.39, 0.29) is 12.3 Å².